The Bertz CT molecular complexity index is 578. The van der Waals surface area contributed by atoms with E-state index in [9.17, 15) is 4.79 Å². The molecule has 0 fully saturated rings. The quantitative estimate of drug-likeness (QED) is 0.848. The van der Waals surface area contributed by atoms with E-state index in [0.717, 1.165) is 11.3 Å². The minimum Gasteiger partial charge on any atom is -0.481 e. The number of rotatable bonds is 7. The summed E-state index contributed by atoms with van der Waals surface area (Å²) in [7, 11) is 0. The summed E-state index contributed by atoms with van der Waals surface area (Å²) in [5, 5.41) is 8.80. The average molecular weight is 288 g/mol. The molecular weight excluding hydrogens is 268 g/mol. The van der Waals surface area contributed by atoms with Crippen LogP contribution in [-0.4, -0.2) is 33.5 Å². The Labute approximate surface area is 124 Å². The lowest BCUT2D eigenvalue weighted by Gasteiger charge is -2.23. The van der Waals surface area contributed by atoms with Gasteiger partial charge in [-0.1, -0.05) is 30.3 Å². The number of aliphatic carboxylic acids is 1. The fourth-order valence-corrected chi connectivity index (χ4v) is 2.05. The number of hydrogen-bond acceptors (Lipinski definition) is 4. The van der Waals surface area contributed by atoms with E-state index in [1.165, 1.54) is 0 Å². The van der Waals surface area contributed by atoms with Gasteiger partial charge >= 0.3 is 5.97 Å². The Balaban J connectivity index is 2.04. The van der Waals surface area contributed by atoms with E-state index in [4.69, 9.17) is 9.52 Å². The lowest BCUT2D eigenvalue weighted by molar-refractivity contribution is -0.137. The van der Waals surface area contributed by atoms with Crippen molar-refractivity contribution < 1.29 is 14.3 Å². The van der Waals surface area contributed by atoms with Crippen LogP contribution in [0.3, 0.4) is 0 Å². The molecule has 1 N–H and O–H groups in total. The van der Waals surface area contributed by atoms with E-state index in [-0.39, 0.29) is 12.5 Å². The number of hydrogen-bond donors (Lipinski definition) is 1. The van der Waals surface area contributed by atoms with Crippen molar-refractivity contribution in [1.82, 2.24) is 9.88 Å². The zero-order chi connectivity index (χ0) is 15.2. The molecule has 2 rings (SSSR count). The normalized spacial score (nSPS) is 11.2. The van der Waals surface area contributed by atoms with Gasteiger partial charge in [-0.05, 0) is 13.8 Å². The summed E-state index contributed by atoms with van der Waals surface area (Å²) in [5.41, 5.74) is 0.984. The maximum Gasteiger partial charge on any atom is 0.304 e. The van der Waals surface area contributed by atoms with Crippen molar-refractivity contribution in [3.8, 4) is 11.3 Å². The first-order chi connectivity index (χ1) is 10.1. The average Bonchev–Trinajstić information content (AvgIpc) is 2.92. The minimum atomic E-state index is -0.793. The molecule has 1 heterocycles. The lowest BCUT2D eigenvalue weighted by Crippen LogP contribution is -2.32. The van der Waals surface area contributed by atoms with E-state index in [1.807, 2.05) is 49.1 Å². The highest BCUT2D eigenvalue weighted by molar-refractivity contribution is 5.66. The molecule has 1 aromatic heterocycles. The fourth-order valence-electron chi connectivity index (χ4n) is 2.05. The van der Waals surface area contributed by atoms with Crippen LogP contribution in [0.5, 0.6) is 0 Å². The predicted molar refractivity (Wildman–Crippen MR) is 79.7 cm³/mol. The van der Waals surface area contributed by atoms with Crippen LogP contribution in [0.4, 0.5) is 0 Å². The number of oxazole rings is 1. The molecule has 0 bridgehead atoms. The van der Waals surface area contributed by atoms with Crippen LogP contribution in [0.1, 0.15) is 26.2 Å². The third-order valence-electron chi connectivity index (χ3n) is 3.29. The molecule has 21 heavy (non-hydrogen) atoms. The first kappa shape index (κ1) is 15.3. The topological polar surface area (TPSA) is 66.6 Å². The number of nitrogens with zero attached hydrogens (tertiary/aromatic N) is 2. The van der Waals surface area contributed by atoms with Crippen molar-refractivity contribution in [1.29, 1.82) is 0 Å². The van der Waals surface area contributed by atoms with Gasteiger partial charge in [0.15, 0.2) is 5.76 Å². The fraction of sp³-hybridized carbons (Fsp3) is 0.375. The molecule has 0 aliphatic rings. The van der Waals surface area contributed by atoms with Crippen LogP contribution in [0.15, 0.2) is 40.9 Å². The summed E-state index contributed by atoms with van der Waals surface area (Å²) in [6, 6.07) is 10.0. The molecule has 0 aliphatic heterocycles. The SMILES string of the molecule is CC(C)N(CCC(=O)O)Cc1ncc(-c2ccccc2)o1. The Morgan fingerprint density at radius 3 is 2.67 bits per heavy atom. The van der Waals surface area contributed by atoms with Crippen LogP contribution in [0.2, 0.25) is 0 Å². The van der Waals surface area contributed by atoms with Crippen molar-refractivity contribution in [2.75, 3.05) is 6.54 Å². The summed E-state index contributed by atoms with van der Waals surface area (Å²) in [6.45, 7) is 5.06. The molecule has 0 unspecified atom stereocenters. The lowest BCUT2D eigenvalue weighted by atomic mass is 10.2. The number of carbonyl (C=O) groups is 1. The Kier molecular flexibility index (Phi) is 5.11. The molecule has 0 spiro atoms. The highest BCUT2D eigenvalue weighted by Crippen LogP contribution is 2.20. The largest absolute Gasteiger partial charge is 0.481 e. The second-order valence-electron chi connectivity index (χ2n) is 5.19. The Morgan fingerprint density at radius 1 is 1.33 bits per heavy atom. The second-order valence-corrected chi connectivity index (χ2v) is 5.19. The molecule has 0 amide bonds. The molecule has 112 valence electrons. The smallest absolute Gasteiger partial charge is 0.304 e. The van der Waals surface area contributed by atoms with Crippen molar-refractivity contribution >= 4 is 5.97 Å². The summed E-state index contributed by atoms with van der Waals surface area (Å²) in [4.78, 5) is 17.0. The van der Waals surface area contributed by atoms with Gasteiger partial charge < -0.3 is 9.52 Å². The highest BCUT2D eigenvalue weighted by atomic mass is 16.4. The number of carboxylic acids is 1. The zero-order valence-corrected chi connectivity index (χ0v) is 12.3. The number of aromatic nitrogens is 1. The molecule has 5 heteroatoms. The molecular formula is C16H20N2O3. The molecule has 0 saturated heterocycles. The molecule has 0 radical (unpaired) electrons. The van der Waals surface area contributed by atoms with E-state index >= 15 is 0 Å². The van der Waals surface area contributed by atoms with Gasteiger partial charge in [-0.3, -0.25) is 9.69 Å². The molecule has 0 atom stereocenters. The molecule has 0 saturated carbocycles. The van der Waals surface area contributed by atoms with E-state index in [2.05, 4.69) is 4.98 Å². The van der Waals surface area contributed by atoms with E-state index in [0.29, 0.717) is 19.0 Å². The third-order valence-corrected chi connectivity index (χ3v) is 3.29. The first-order valence-electron chi connectivity index (χ1n) is 7.02. The van der Waals surface area contributed by atoms with Gasteiger partial charge in [-0.25, -0.2) is 4.98 Å². The Morgan fingerprint density at radius 2 is 2.05 bits per heavy atom. The van der Waals surface area contributed by atoms with Gasteiger partial charge in [0.25, 0.3) is 0 Å². The van der Waals surface area contributed by atoms with Gasteiger partial charge in [-0.15, -0.1) is 0 Å². The monoisotopic (exact) mass is 288 g/mol. The van der Waals surface area contributed by atoms with Gasteiger partial charge in [0.05, 0.1) is 19.2 Å². The number of carboxylic acid groups (broad SMARTS) is 1. The molecule has 5 nitrogen and oxygen atoms in total. The Hall–Kier alpha value is -2.14. The van der Waals surface area contributed by atoms with Gasteiger partial charge in [0.1, 0.15) is 0 Å². The molecule has 2 aromatic rings. The zero-order valence-electron chi connectivity index (χ0n) is 12.3. The highest BCUT2D eigenvalue weighted by Gasteiger charge is 2.15. The van der Waals surface area contributed by atoms with Crippen molar-refractivity contribution in [3.05, 3.63) is 42.4 Å². The summed E-state index contributed by atoms with van der Waals surface area (Å²) >= 11 is 0. The summed E-state index contributed by atoms with van der Waals surface area (Å²) < 4.78 is 5.76. The summed E-state index contributed by atoms with van der Waals surface area (Å²) in [5.74, 6) is 0.540. The first-order valence-corrected chi connectivity index (χ1v) is 7.02. The van der Waals surface area contributed by atoms with Crippen LogP contribution in [0.25, 0.3) is 11.3 Å². The van der Waals surface area contributed by atoms with E-state index < -0.39 is 5.97 Å². The van der Waals surface area contributed by atoms with Crippen LogP contribution < -0.4 is 0 Å². The standard InChI is InChI=1S/C16H20N2O3/c1-12(2)18(9-8-16(19)20)11-15-17-10-14(21-15)13-6-4-3-5-7-13/h3-7,10,12H,8-9,11H2,1-2H3,(H,19,20). The maximum absolute atomic E-state index is 10.7. The van der Waals surface area contributed by atoms with Crippen molar-refractivity contribution in [3.63, 3.8) is 0 Å². The van der Waals surface area contributed by atoms with Crippen molar-refractivity contribution in [2.45, 2.75) is 32.9 Å². The van der Waals surface area contributed by atoms with Gasteiger partial charge in [0.2, 0.25) is 5.89 Å². The minimum absolute atomic E-state index is 0.116. The van der Waals surface area contributed by atoms with Crippen LogP contribution in [-0.2, 0) is 11.3 Å². The van der Waals surface area contributed by atoms with Crippen LogP contribution in [0, 0.1) is 0 Å². The summed E-state index contributed by atoms with van der Waals surface area (Å²) in [6.07, 6.45) is 1.82. The molecule has 1 aromatic carbocycles. The predicted octanol–water partition coefficient (Wildman–Crippen LogP) is 3.03. The van der Waals surface area contributed by atoms with Crippen molar-refractivity contribution in [2.24, 2.45) is 0 Å². The number of benzene rings is 1. The van der Waals surface area contributed by atoms with E-state index in [1.54, 1.807) is 6.20 Å². The maximum atomic E-state index is 10.7. The van der Waals surface area contributed by atoms with Crippen LogP contribution >= 0.6 is 0 Å². The second kappa shape index (κ2) is 7.04. The van der Waals surface area contributed by atoms with Gasteiger partial charge in [-0.2, -0.15) is 0 Å². The molecule has 0 aliphatic carbocycles. The van der Waals surface area contributed by atoms with Gasteiger partial charge in [0, 0.05) is 18.2 Å². The third kappa shape index (κ3) is 4.43.